The first-order chi connectivity index (χ1) is 16.3. The largest absolute Gasteiger partial charge is 0.495 e. The number of aromatic nitrogens is 2. The molecule has 0 saturated heterocycles. The van der Waals surface area contributed by atoms with E-state index in [-0.39, 0.29) is 23.7 Å². The van der Waals surface area contributed by atoms with Gasteiger partial charge in [0.2, 0.25) is 0 Å². The van der Waals surface area contributed by atoms with E-state index in [2.05, 4.69) is 15.5 Å². The summed E-state index contributed by atoms with van der Waals surface area (Å²) in [6, 6.07) is 13.9. The minimum Gasteiger partial charge on any atom is -0.495 e. The summed E-state index contributed by atoms with van der Waals surface area (Å²) in [5, 5.41) is 10.3. The van der Waals surface area contributed by atoms with Gasteiger partial charge < -0.3 is 10.1 Å². The molecule has 34 heavy (non-hydrogen) atoms. The van der Waals surface area contributed by atoms with Gasteiger partial charge in [-0.25, -0.2) is 4.39 Å². The molecule has 4 aromatic rings. The molecule has 1 heterocycles. The molecule has 9 heteroatoms. The lowest BCUT2D eigenvalue weighted by atomic mass is 10.1. The Kier molecular flexibility index (Phi) is 6.36. The minimum atomic E-state index is -4.46. The number of ether oxygens (including phenoxy) is 1. The monoisotopic (exact) mass is 469 g/mol. The second kappa shape index (κ2) is 9.38. The summed E-state index contributed by atoms with van der Waals surface area (Å²) in [4.78, 5) is 12.9. The van der Waals surface area contributed by atoms with Crippen molar-refractivity contribution in [1.82, 2.24) is 15.5 Å². The molecule has 0 aliphatic carbocycles. The molecule has 4 rings (SSSR count). The molecule has 0 unspecified atom stereocenters. The number of carbonyl (C=O) groups is 1. The van der Waals surface area contributed by atoms with Gasteiger partial charge in [-0.1, -0.05) is 30.3 Å². The van der Waals surface area contributed by atoms with Crippen LogP contribution in [0.2, 0.25) is 0 Å². The first-order valence-corrected chi connectivity index (χ1v) is 10.2. The highest BCUT2D eigenvalue weighted by Gasteiger charge is 2.30. The Morgan fingerprint density at radius 1 is 1.09 bits per heavy atom. The van der Waals surface area contributed by atoms with Crippen LogP contribution in [0.15, 0.2) is 60.7 Å². The second-order valence-electron chi connectivity index (χ2n) is 7.44. The van der Waals surface area contributed by atoms with Crippen LogP contribution in [0.1, 0.15) is 32.7 Å². The van der Waals surface area contributed by atoms with Crippen molar-refractivity contribution in [2.75, 3.05) is 7.11 Å². The summed E-state index contributed by atoms with van der Waals surface area (Å²) in [6.07, 6.45) is -1.01. The van der Waals surface area contributed by atoms with Gasteiger partial charge in [-0.15, -0.1) is 0 Å². The number of H-pyrrole nitrogens is 1. The fourth-order valence-corrected chi connectivity index (χ4v) is 3.50. The molecule has 0 radical (unpaired) electrons. The van der Waals surface area contributed by atoms with E-state index in [0.717, 1.165) is 17.7 Å². The van der Waals surface area contributed by atoms with Gasteiger partial charge in [0.1, 0.15) is 11.6 Å². The van der Waals surface area contributed by atoms with E-state index in [1.807, 2.05) is 0 Å². The highest BCUT2D eigenvalue weighted by atomic mass is 19.4. The van der Waals surface area contributed by atoms with Crippen molar-refractivity contribution in [3.8, 4) is 5.75 Å². The highest BCUT2D eigenvalue weighted by Crippen LogP contribution is 2.33. The number of methoxy groups -OCH3 is 1. The Bertz CT molecular complexity index is 1360. The van der Waals surface area contributed by atoms with E-state index in [0.29, 0.717) is 22.2 Å². The van der Waals surface area contributed by atoms with Crippen LogP contribution in [0.5, 0.6) is 5.75 Å². The summed E-state index contributed by atoms with van der Waals surface area (Å²) >= 11 is 0. The average Bonchev–Trinajstić information content (AvgIpc) is 3.24. The van der Waals surface area contributed by atoms with Crippen LogP contribution in [0.4, 0.5) is 17.6 Å². The Balaban J connectivity index is 1.59. The molecule has 0 fully saturated rings. The fourth-order valence-electron chi connectivity index (χ4n) is 3.50. The van der Waals surface area contributed by atoms with Gasteiger partial charge in [-0.2, -0.15) is 18.3 Å². The molecular weight excluding hydrogens is 450 g/mol. The van der Waals surface area contributed by atoms with Crippen LogP contribution in [0, 0.1) is 5.82 Å². The number of fused-ring (bicyclic) bond motifs is 1. The predicted molar refractivity (Wildman–Crippen MR) is 121 cm³/mol. The average molecular weight is 469 g/mol. The molecule has 0 aliphatic heterocycles. The van der Waals surface area contributed by atoms with E-state index in [4.69, 9.17) is 4.74 Å². The number of hydrogen-bond acceptors (Lipinski definition) is 3. The number of nitrogens with one attached hydrogen (secondary N) is 2. The zero-order valence-electron chi connectivity index (χ0n) is 17.9. The van der Waals surface area contributed by atoms with E-state index in [1.54, 1.807) is 36.4 Å². The number of amides is 1. The molecule has 1 amide bonds. The third kappa shape index (κ3) is 4.93. The first-order valence-electron chi connectivity index (χ1n) is 10.2. The van der Waals surface area contributed by atoms with Gasteiger partial charge in [-0.05, 0) is 53.6 Å². The number of hydrogen-bond donors (Lipinski definition) is 2. The quantitative estimate of drug-likeness (QED) is 0.349. The maximum absolute atomic E-state index is 13.1. The predicted octanol–water partition coefficient (Wildman–Crippen LogP) is 5.83. The Hall–Kier alpha value is -4.14. The number of aromatic amines is 1. The number of halogens is 4. The number of benzene rings is 3. The molecule has 0 aliphatic rings. The van der Waals surface area contributed by atoms with Crippen molar-refractivity contribution in [1.29, 1.82) is 0 Å². The Morgan fingerprint density at radius 3 is 2.56 bits per heavy atom. The van der Waals surface area contributed by atoms with Crippen molar-refractivity contribution in [2.24, 2.45) is 0 Å². The Labute approximate surface area is 192 Å². The van der Waals surface area contributed by atoms with E-state index < -0.39 is 17.6 Å². The van der Waals surface area contributed by atoms with Gasteiger partial charge in [0, 0.05) is 6.54 Å². The van der Waals surface area contributed by atoms with E-state index in [9.17, 15) is 22.4 Å². The highest BCUT2D eigenvalue weighted by molar-refractivity contribution is 6.05. The normalized spacial score (nSPS) is 11.8. The van der Waals surface area contributed by atoms with Crippen LogP contribution in [0.3, 0.4) is 0 Å². The fraction of sp³-hybridized carbons (Fsp3) is 0.120. The van der Waals surface area contributed by atoms with Crippen molar-refractivity contribution >= 4 is 29.0 Å². The third-order valence-corrected chi connectivity index (χ3v) is 5.17. The first kappa shape index (κ1) is 23.0. The maximum atomic E-state index is 13.1. The molecular formula is C25H19F4N3O2. The third-order valence-electron chi connectivity index (χ3n) is 5.17. The van der Waals surface area contributed by atoms with Crippen LogP contribution < -0.4 is 10.1 Å². The van der Waals surface area contributed by atoms with Gasteiger partial charge >= 0.3 is 6.18 Å². The van der Waals surface area contributed by atoms with E-state index >= 15 is 0 Å². The SMILES string of the molecule is COc1c(C(=O)NCc2cccc(C(F)(F)F)c2)ccc2[nH]nc(C=Cc3ccc(F)cc3)c12. The standard InChI is InChI=1S/C25H19F4N3O2/c1-34-23-19(24(33)30-14-16-3-2-4-17(13-16)25(27,28)29)10-12-21-22(23)20(31-32-21)11-7-15-5-8-18(26)9-6-15/h2-13H,14H2,1H3,(H,30,33)(H,31,32). The molecule has 5 nitrogen and oxygen atoms in total. The number of carbonyl (C=O) groups excluding carboxylic acids is 1. The maximum Gasteiger partial charge on any atom is 0.416 e. The number of rotatable bonds is 6. The van der Waals surface area contributed by atoms with Gasteiger partial charge in [0.25, 0.3) is 5.91 Å². The molecule has 0 saturated carbocycles. The van der Waals surface area contributed by atoms with Gasteiger partial charge in [0.05, 0.1) is 34.8 Å². The summed E-state index contributed by atoms with van der Waals surface area (Å²) in [5.74, 6) is -0.581. The van der Waals surface area contributed by atoms with E-state index in [1.165, 1.54) is 31.4 Å². The summed E-state index contributed by atoms with van der Waals surface area (Å²) in [5.41, 5.74) is 1.63. The molecule has 0 bridgehead atoms. The summed E-state index contributed by atoms with van der Waals surface area (Å²) in [6.45, 7) is -0.0906. The molecule has 0 spiro atoms. The summed E-state index contributed by atoms with van der Waals surface area (Å²) < 4.78 is 57.5. The smallest absolute Gasteiger partial charge is 0.416 e. The molecule has 1 aromatic heterocycles. The van der Waals surface area contributed by atoms with Crippen molar-refractivity contribution in [3.05, 3.63) is 94.4 Å². The molecule has 0 atom stereocenters. The van der Waals surface area contributed by atoms with Crippen molar-refractivity contribution < 1.29 is 27.1 Å². The topological polar surface area (TPSA) is 67.0 Å². The lowest BCUT2D eigenvalue weighted by Crippen LogP contribution is -2.23. The molecule has 2 N–H and O–H groups in total. The lowest BCUT2D eigenvalue weighted by molar-refractivity contribution is -0.137. The molecule has 3 aromatic carbocycles. The zero-order valence-corrected chi connectivity index (χ0v) is 17.9. The molecule has 174 valence electrons. The summed E-state index contributed by atoms with van der Waals surface area (Å²) in [7, 11) is 1.42. The Morgan fingerprint density at radius 2 is 1.85 bits per heavy atom. The van der Waals surface area contributed by atoms with Crippen LogP contribution >= 0.6 is 0 Å². The van der Waals surface area contributed by atoms with Gasteiger partial charge in [0.15, 0.2) is 0 Å². The zero-order chi connectivity index (χ0) is 24.3. The van der Waals surface area contributed by atoms with Crippen molar-refractivity contribution in [2.45, 2.75) is 12.7 Å². The number of alkyl halides is 3. The number of nitrogens with zero attached hydrogens (tertiary/aromatic N) is 1. The lowest BCUT2D eigenvalue weighted by Gasteiger charge is -2.12. The van der Waals surface area contributed by atoms with Crippen LogP contribution in [-0.2, 0) is 12.7 Å². The van der Waals surface area contributed by atoms with Crippen LogP contribution in [0.25, 0.3) is 23.1 Å². The second-order valence-corrected chi connectivity index (χ2v) is 7.44. The minimum absolute atomic E-state index is 0.0906. The van der Waals surface area contributed by atoms with Crippen molar-refractivity contribution in [3.63, 3.8) is 0 Å². The van der Waals surface area contributed by atoms with Crippen LogP contribution in [-0.4, -0.2) is 23.2 Å². The van der Waals surface area contributed by atoms with Gasteiger partial charge in [-0.3, -0.25) is 9.89 Å².